The van der Waals surface area contributed by atoms with E-state index in [1.54, 1.807) is 7.11 Å². The van der Waals surface area contributed by atoms with Gasteiger partial charge in [-0.2, -0.15) is 0 Å². The predicted molar refractivity (Wildman–Crippen MR) is 149 cm³/mol. The van der Waals surface area contributed by atoms with Crippen LogP contribution in [-0.2, 0) is 24.2 Å². The number of carbonyl (C=O) groups excluding carboxylic acids is 1. The van der Waals surface area contributed by atoms with Gasteiger partial charge in [-0.3, -0.25) is 4.79 Å². The summed E-state index contributed by atoms with van der Waals surface area (Å²) in [4.78, 5) is 17.2. The molecule has 0 aliphatic heterocycles. The lowest BCUT2D eigenvalue weighted by molar-refractivity contribution is -0.120. The highest BCUT2D eigenvalue weighted by molar-refractivity contribution is 6.32. The molecule has 7 heteroatoms. The van der Waals surface area contributed by atoms with Crippen molar-refractivity contribution in [1.82, 2.24) is 14.9 Å². The van der Waals surface area contributed by atoms with E-state index in [2.05, 4.69) is 16.0 Å². The van der Waals surface area contributed by atoms with Crippen molar-refractivity contribution < 1.29 is 14.3 Å². The molecule has 1 N–H and O–H groups in total. The van der Waals surface area contributed by atoms with Crippen molar-refractivity contribution in [3.05, 3.63) is 88.2 Å². The summed E-state index contributed by atoms with van der Waals surface area (Å²) in [6.07, 6.45) is 2.81. The van der Waals surface area contributed by atoms with E-state index in [0.29, 0.717) is 19.6 Å². The van der Waals surface area contributed by atoms with Crippen LogP contribution in [0, 0.1) is 13.8 Å². The van der Waals surface area contributed by atoms with E-state index < -0.39 is 0 Å². The molecule has 4 rings (SSSR count). The lowest BCUT2D eigenvalue weighted by Gasteiger charge is -2.12. The van der Waals surface area contributed by atoms with Crippen molar-refractivity contribution in [2.75, 3.05) is 20.3 Å². The van der Waals surface area contributed by atoms with Crippen LogP contribution in [0.1, 0.15) is 35.4 Å². The maximum Gasteiger partial charge on any atom is 0.224 e. The zero-order valence-corrected chi connectivity index (χ0v) is 22.5. The average molecular weight is 520 g/mol. The van der Waals surface area contributed by atoms with E-state index in [-0.39, 0.29) is 5.91 Å². The number of ether oxygens (including phenoxy) is 2. The molecule has 37 heavy (non-hydrogen) atoms. The van der Waals surface area contributed by atoms with Gasteiger partial charge in [-0.15, -0.1) is 0 Å². The summed E-state index contributed by atoms with van der Waals surface area (Å²) in [6, 6.07) is 19.7. The standard InChI is InChI=1S/C30H34ClN3O3/c1-21-18-25(19-22(2)30(21)31)37-17-7-16-34-27-9-5-4-8-26(27)33-28(34)10-6-15-32-29(35)20-23-11-13-24(36-3)14-12-23/h4-5,8-9,11-14,18-19H,6-7,10,15-17,20H2,1-3H3,(H,32,35). The fraction of sp³-hybridized carbons (Fsp3) is 0.333. The SMILES string of the molecule is COc1ccc(CC(=O)NCCCc2nc3ccccc3n2CCCOc2cc(C)c(Cl)c(C)c2)cc1. The number of hydrogen-bond donors (Lipinski definition) is 1. The van der Waals surface area contributed by atoms with E-state index in [1.165, 1.54) is 0 Å². The molecule has 4 aromatic rings. The minimum atomic E-state index is 0.0171. The molecular formula is C30H34ClN3O3. The maximum absolute atomic E-state index is 12.4. The molecule has 194 valence electrons. The summed E-state index contributed by atoms with van der Waals surface area (Å²) < 4.78 is 13.5. The highest BCUT2D eigenvalue weighted by Gasteiger charge is 2.11. The average Bonchev–Trinajstić information content (AvgIpc) is 3.25. The third kappa shape index (κ3) is 7.04. The molecule has 0 radical (unpaired) electrons. The second-order valence-corrected chi connectivity index (χ2v) is 9.60. The Morgan fingerprint density at radius 2 is 1.73 bits per heavy atom. The molecule has 3 aromatic carbocycles. The number of imidazole rings is 1. The van der Waals surface area contributed by atoms with Gasteiger partial charge in [-0.25, -0.2) is 4.98 Å². The summed E-state index contributed by atoms with van der Waals surface area (Å²) in [5, 5.41) is 3.82. The number of aromatic nitrogens is 2. The molecule has 0 bridgehead atoms. The van der Waals surface area contributed by atoms with E-state index >= 15 is 0 Å². The molecule has 0 aliphatic carbocycles. The fourth-order valence-corrected chi connectivity index (χ4v) is 4.54. The minimum Gasteiger partial charge on any atom is -0.497 e. The van der Waals surface area contributed by atoms with Crippen molar-refractivity contribution >= 4 is 28.5 Å². The number of benzene rings is 3. The van der Waals surface area contributed by atoms with Crippen LogP contribution in [0.15, 0.2) is 60.7 Å². The summed E-state index contributed by atoms with van der Waals surface area (Å²) in [5.41, 5.74) is 5.13. The summed E-state index contributed by atoms with van der Waals surface area (Å²) >= 11 is 6.27. The number of carbonyl (C=O) groups is 1. The van der Waals surface area contributed by atoms with E-state index in [0.717, 1.165) is 75.9 Å². The van der Waals surface area contributed by atoms with Gasteiger partial charge in [0, 0.05) is 24.5 Å². The van der Waals surface area contributed by atoms with Crippen molar-refractivity contribution in [3.63, 3.8) is 0 Å². The number of methoxy groups -OCH3 is 1. The number of para-hydroxylation sites is 2. The number of rotatable bonds is 12. The number of halogens is 1. The normalized spacial score (nSPS) is 11.0. The Bertz CT molecular complexity index is 1330. The van der Waals surface area contributed by atoms with Gasteiger partial charge >= 0.3 is 0 Å². The first kappa shape index (κ1) is 26.6. The Morgan fingerprint density at radius 3 is 2.46 bits per heavy atom. The predicted octanol–water partition coefficient (Wildman–Crippen LogP) is 6.08. The Hall–Kier alpha value is -3.51. The number of nitrogens with zero attached hydrogens (tertiary/aromatic N) is 2. The van der Waals surface area contributed by atoms with Gasteiger partial charge in [-0.05, 0) is 79.8 Å². The molecular weight excluding hydrogens is 486 g/mol. The first-order valence-corrected chi connectivity index (χ1v) is 13.1. The number of nitrogens with one attached hydrogen (secondary N) is 1. The van der Waals surface area contributed by atoms with E-state index in [1.807, 2.05) is 68.4 Å². The zero-order chi connectivity index (χ0) is 26.2. The summed E-state index contributed by atoms with van der Waals surface area (Å²) in [6.45, 7) is 6.01. The molecule has 1 aromatic heterocycles. The van der Waals surface area contributed by atoms with E-state index in [9.17, 15) is 4.79 Å². The van der Waals surface area contributed by atoms with Crippen LogP contribution in [0.5, 0.6) is 11.5 Å². The number of amides is 1. The molecule has 6 nitrogen and oxygen atoms in total. The molecule has 0 spiro atoms. The second kappa shape index (κ2) is 12.6. The molecule has 0 atom stereocenters. The van der Waals surface area contributed by atoms with Gasteiger partial charge in [0.05, 0.1) is 31.2 Å². The van der Waals surface area contributed by atoms with Crippen LogP contribution in [0.2, 0.25) is 5.02 Å². The van der Waals surface area contributed by atoms with Crippen LogP contribution < -0.4 is 14.8 Å². The van der Waals surface area contributed by atoms with Crippen LogP contribution in [-0.4, -0.2) is 35.7 Å². The first-order valence-electron chi connectivity index (χ1n) is 12.7. The van der Waals surface area contributed by atoms with Crippen LogP contribution in [0.25, 0.3) is 11.0 Å². The fourth-order valence-electron chi connectivity index (χ4n) is 4.43. The van der Waals surface area contributed by atoms with Crippen molar-refractivity contribution in [2.24, 2.45) is 0 Å². The third-order valence-electron chi connectivity index (χ3n) is 6.36. The van der Waals surface area contributed by atoms with Crippen molar-refractivity contribution in [3.8, 4) is 11.5 Å². The lowest BCUT2D eigenvalue weighted by atomic mass is 10.1. The Morgan fingerprint density at radius 1 is 1.00 bits per heavy atom. The van der Waals surface area contributed by atoms with Crippen LogP contribution >= 0.6 is 11.6 Å². The molecule has 0 unspecified atom stereocenters. The molecule has 0 saturated heterocycles. The Kier molecular flexibility index (Phi) is 9.07. The quantitative estimate of drug-likeness (QED) is 0.230. The number of fused-ring (bicyclic) bond motifs is 1. The monoisotopic (exact) mass is 519 g/mol. The summed E-state index contributed by atoms with van der Waals surface area (Å²) in [5.74, 6) is 2.68. The largest absolute Gasteiger partial charge is 0.497 e. The van der Waals surface area contributed by atoms with Gasteiger partial charge in [0.25, 0.3) is 0 Å². The Labute approximate surface area is 223 Å². The molecule has 0 saturated carbocycles. The second-order valence-electron chi connectivity index (χ2n) is 9.22. The number of hydrogen-bond acceptors (Lipinski definition) is 4. The highest BCUT2D eigenvalue weighted by atomic mass is 35.5. The van der Waals surface area contributed by atoms with Crippen molar-refractivity contribution in [1.29, 1.82) is 0 Å². The smallest absolute Gasteiger partial charge is 0.224 e. The lowest BCUT2D eigenvalue weighted by Crippen LogP contribution is -2.26. The first-order chi connectivity index (χ1) is 17.9. The molecule has 0 fully saturated rings. The molecule has 0 aliphatic rings. The Balaban J connectivity index is 1.29. The van der Waals surface area contributed by atoms with Gasteiger partial charge in [0.2, 0.25) is 5.91 Å². The van der Waals surface area contributed by atoms with Gasteiger partial charge < -0.3 is 19.4 Å². The van der Waals surface area contributed by atoms with Gasteiger partial charge in [0.1, 0.15) is 17.3 Å². The van der Waals surface area contributed by atoms with Crippen molar-refractivity contribution in [2.45, 2.75) is 46.1 Å². The highest BCUT2D eigenvalue weighted by Crippen LogP contribution is 2.26. The van der Waals surface area contributed by atoms with Crippen LogP contribution in [0.4, 0.5) is 0 Å². The zero-order valence-electron chi connectivity index (χ0n) is 21.7. The molecule has 1 heterocycles. The van der Waals surface area contributed by atoms with Gasteiger partial charge in [-0.1, -0.05) is 35.9 Å². The van der Waals surface area contributed by atoms with Crippen LogP contribution in [0.3, 0.4) is 0 Å². The topological polar surface area (TPSA) is 65.4 Å². The van der Waals surface area contributed by atoms with Gasteiger partial charge in [0.15, 0.2) is 0 Å². The van der Waals surface area contributed by atoms with E-state index in [4.69, 9.17) is 26.1 Å². The molecule has 1 amide bonds. The minimum absolute atomic E-state index is 0.0171. The number of aryl methyl sites for hydroxylation is 4. The third-order valence-corrected chi connectivity index (χ3v) is 6.96. The maximum atomic E-state index is 12.4. The summed E-state index contributed by atoms with van der Waals surface area (Å²) in [7, 11) is 1.63.